The summed E-state index contributed by atoms with van der Waals surface area (Å²) in [6.45, 7) is 2.40. The van der Waals surface area contributed by atoms with Crippen molar-refractivity contribution in [1.82, 2.24) is 0 Å². The molecule has 3 atom stereocenters. The van der Waals surface area contributed by atoms with Crippen LogP contribution in [0.5, 0.6) is 0 Å². The van der Waals surface area contributed by atoms with Crippen LogP contribution in [0.2, 0.25) is 10.0 Å². The second kappa shape index (κ2) is 7.68. The van der Waals surface area contributed by atoms with E-state index in [0.717, 1.165) is 5.56 Å². The Morgan fingerprint density at radius 2 is 1.85 bits per heavy atom. The number of thiocarbonyl (C=S) groups is 1. The van der Waals surface area contributed by atoms with Gasteiger partial charge in [-0.2, -0.15) is 0 Å². The molecule has 1 aliphatic carbocycles. The van der Waals surface area contributed by atoms with Crippen molar-refractivity contribution < 1.29 is 13.2 Å². The molecule has 1 fully saturated rings. The Morgan fingerprint density at radius 3 is 2.41 bits per heavy atom. The van der Waals surface area contributed by atoms with Gasteiger partial charge in [0.05, 0.1) is 27.2 Å². The molecule has 144 valence electrons. The molecule has 8 heteroatoms. The number of nitrogens with two attached hydrogens (primary N) is 1. The van der Waals surface area contributed by atoms with Crippen LogP contribution in [0.15, 0.2) is 53.4 Å². The molecule has 2 aromatic rings. The Labute approximate surface area is 174 Å². The molecule has 0 unspecified atom stereocenters. The minimum Gasteiger partial charge on any atom is -0.393 e. The zero-order chi connectivity index (χ0) is 19.8. The summed E-state index contributed by atoms with van der Waals surface area (Å²) in [5.74, 6) is -0.430. The maximum atomic E-state index is 13.4. The van der Waals surface area contributed by atoms with Crippen molar-refractivity contribution in [3.8, 4) is 0 Å². The molecular formula is C19H19Cl2NO3S2. The highest BCUT2D eigenvalue weighted by molar-refractivity contribution is 7.92. The fraction of sp³-hybridized carbons (Fsp3) is 0.316. The largest absolute Gasteiger partial charge is 0.393 e. The zero-order valence-electron chi connectivity index (χ0n) is 14.6. The highest BCUT2D eigenvalue weighted by Crippen LogP contribution is 2.64. The number of hydrogen-bond acceptors (Lipinski definition) is 4. The maximum absolute atomic E-state index is 13.4. The fourth-order valence-corrected chi connectivity index (χ4v) is 6.71. The molecule has 2 aromatic carbocycles. The van der Waals surface area contributed by atoms with Crippen LogP contribution >= 0.6 is 35.4 Å². The Balaban J connectivity index is 2.12. The lowest BCUT2D eigenvalue weighted by Gasteiger charge is -2.17. The van der Waals surface area contributed by atoms with E-state index in [1.54, 1.807) is 30.3 Å². The van der Waals surface area contributed by atoms with Crippen LogP contribution < -0.4 is 5.73 Å². The fourth-order valence-electron chi connectivity index (χ4n) is 3.61. The van der Waals surface area contributed by atoms with Crippen molar-refractivity contribution in [2.24, 2.45) is 11.1 Å². The summed E-state index contributed by atoms with van der Waals surface area (Å²) in [6.07, 6.45) is 0. The smallest absolute Gasteiger partial charge is 0.182 e. The third kappa shape index (κ3) is 3.61. The molecule has 0 aliphatic heterocycles. The molecule has 2 N–H and O–H groups in total. The zero-order valence-corrected chi connectivity index (χ0v) is 17.7. The van der Waals surface area contributed by atoms with Crippen molar-refractivity contribution in [2.45, 2.75) is 23.0 Å². The van der Waals surface area contributed by atoms with E-state index in [9.17, 15) is 8.42 Å². The third-order valence-electron chi connectivity index (χ3n) is 4.94. The van der Waals surface area contributed by atoms with Crippen LogP contribution in [-0.4, -0.2) is 31.9 Å². The SMILES string of the molecule is CCOC[C@]1(C(N)=S)[C@H](c2cccc(Cl)c2)[C@H]1S(=O)(=O)c1ccc(Cl)cc1. The second-order valence-electron chi connectivity index (χ2n) is 6.49. The molecule has 0 heterocycles. The molecule has 0 radical (unpaired) electrons. The topological polar surface area (TPSA) is 69.4 Å². The molecule has 0 aromatic heterocycles. The number of hydrogen-bond donors (Lipinski definition) is 1. The first-order valence-electron chi connectivity index (χ1n) is 8.37. The first-order valence-corrected chi connectivity index (χ1v) is 11.1. The van der Waals surface area contributed by atoms with Gasteiger partial charge in [0.15, 0.2) is 9.84 Å². The van der Waals surface area contributed by atoms with Crippen molar-refractivity contribution in [3.63, 3.8) is 0 Å². The second-order valence-corrected chi connectivity index (χ2v) is 9.88. The van der Waals surface area contributed by atoms with E-state index in [1.165, 1.54) is 12.1 Å². The van der Waals surface area contributed by atoms with Gasteiger partial charge in [0.1, 0.15) is 0 Å². The maximum Gasteiger partial charge on any atom is 0.182 e. The predicted molar refractivity (Wildman–Crippen MR) is 112 cm³/mol. The van der Waals surface area contributed by atoms with Gasteiger partial charge < -0.3 is 10.5 Å². The van der Waals surface area contributed by atoms with E-state index in [-0.39, 0.29) is 16.5 Å². The van der Waals surface area contributed by atoms with E-state index >= 15 is 0 Å². The predicted octanol–water partition coefficient (Wildman–Crippen LogP) is 4.24. The van der Waals surface area contributed by atoms with E-state index < -0.39 is 26.4 Å². The van der Waals surface area contributed by atoms with Crippen LogP contribution in [0.25, 0.3) is 0 Å². The number of halogens is 2. The molecule has 0 spiro atoms. The molecule has 0 amide bonds. The van der Waals surface area contributed by atoms with Gasteiger partial charge in [-0.05, 0) is 48.9 Å². The summed E-state index contributed by atoms with van der Waals surface area (Å²) < 4.78 is 32.4. The van der Waals surface area contributed by atoms with Gasteiger partial charge in [0.2, 0.25) is 0 Å². The minimum absolute atomic E-state index is 0.128. The molecular weight excluding hydrogens is 425 g/mol. The van der Waals surface area contributed by atoms with Crippen LogP contribution in [0.3, 0.4) is 0 Å². The van der Waals surface area contributed by atoms with Crippen LogP contribution in [0, 0.1) is 5.41 Å². The normalized spacial score (nSPS) is 24.6. The summed E-state index contributed by atoms with van der Waals surface area (Å²) in [6, 6.07) is 13.2. The Kier molecular flexibility index (Phi) is 5.85. The lowest BCUT2D eigenvalue weighted by Crippen LogP contribution is -2.33. The summed E-state index contributed by atoms with van der Waals surface area (Å²) in [5, 5.41) is 0.162. The Morgan fingerprint density at radius 1 is 1.19 bits per heavy atom. The molecule has 0 saturated heterocycles. The summed E-state index contributed by atoms with van der Waals surface area (Å²) in [4.78, 5) is 0.307. The van der Waals surface area contributed by atoms with E-state index in [0.29, 0.717) is 16.7 Å². The lowest BCUT2D eigenvalue weighted by molar-refractivity contribution is 0.121. The molecule has 4 nitrogen and oxygen atoms in total. The third-order valence-corrected chi connectivity index (χ3v) is 8.10. The van der Waals surface area contributed by atoms with Gasteiger partial charge in [-0.1, -0.05) is 47.6 Å². The number of ether oxygens (including phenoxy) is 1. The summed E-state index contributed by atoms with van der Waals surface area (Å²) in [5.41, 5.74) is 5.86. The molecule has 27 heavy (non-hydrogen) atoms. The van der Waals surface area contributed by atoms with Gasteiger partial charge in [-0.25, -0.2) is 8.42 Å². The van der Waals surface area contributed by atoms with Gasteiger partial charge in [0.25, 0.3) is 0 Å². The first kappa shape index (κ1) is 20.6. The number of rotatable bonds is 7. The minimum atomic E-state index is -3.72. The summed E-state index contributed by atoms with van der Waals surface area (Å²) >= 11 is 17.3. The van der Waals surface area contributed by atoms with Crippen LogP contribution in [-0.2, 0) is 14.6 Å². The van der Waals surface area contributed by atoms with Crippen molar-refractivity contribution in [3.05, 3.63) is 64.1 Å². The van der Waals surface area contributed by atoms with Crippen LogP contribution in [0.4, 0.5) is 0 Å². The quantitative estimate of drug-likeness (QED) is 0.647. The Hall–Kier alpha value is -1.18. The van der Waals surface area contributed by atoms with Crippen molar-refractivity contribution in [1.29, 1.82) is 0 Å². The Bertz CT molecular complexity index is 963. The monoisotopic (exact) mass is 443 g/mol. The van der Waals surface area contributed by atoms with Gasteiger partial charge in [-0.3, -0.25) is 0 Å². The van der Waals surface area contributed by atoms with Gasteiger partial charge in [-0.15, -0.1) is 0 Å². The first-order chi connectivity index (χ1) is 12.7. The highest BCUT2D eigenvalue weighted by atomic mass is 35.5. The van der Waals surface area contributed by atoms with Gasteiger partial charge >= 0.3 is 0 Å². The van der Waals surface area contributed by atoms with Crippen LogP contribution in [0.1, 0.15) is 18.4 Å². The van der Waals surface area contributed by atoms with E-state index in [1.807, 2.05) is 13.0 Å². The average Bonchev–Trinajstić information content (AvgIpc) is 3.32. The lowest BCUT2D eigenvalue weighted by atomic mass is 10.00. The molecule has 0 bridgehead atoms. The van der Waals surface area contributed by atoms with Crippen molar-refractivity contribution >= 4 is 50.2 Å². The van der Waals surface area contributed by atoms with Gasteiger partial charge in [0, 0.05) is 22.6 Å². The molecule has 3 rings (SSSR count). The highest BCUT2D eigenvalue weighted by Gasteiger charge is 2.73. The number of sulfone groups is 1. The summed E-state index contributed by atoms with van der Waals surface area (Å²) in [7, 11) is -3.72. The van der Waals surface area contributed by atoms with E-state index in [2.05, 4.69) is 0 Å². The average molecular weight is 444 g/mol. The molecule has 1 saturated carbocycles. The van der Waals surface area contributed by atoms with Crippen molar-refractivity contribution in [2.75, 3.05) is 13.2 Å². The van der Waals surface area contributed by atoms with E-state index in [4.69, 9.17) is 45.9 Å². The molecule has 1 aliphatic rings. The number of benzene rings is 2. The standard InChI is InChI=1S/C19H19Cl2NO3S2/c1-2-25-11-19(18(22)26)16(12-4-3-5-14(21)10-12)17(19)27(23,24)15-8-6-13(20)7-9-15/h3-10,16-17H,2,11H2,1H3,(H2,22,26)/t16-,17-,19+/m1/s1.